The molecule has 3 rings (SSSR count). The normalized spacial score (nSPS) is 17.0. The summed E-state index contributed by atoms with van der Waals surface area (Å²) in [5.41, 5.74) is 3.52. The number of urea groups is 1. The van der Waals surface area contributed by atoms with Gasteiger partial charge in [0, 0.05) is 37.6 Å². The Bertz CT molecular complexity index is 730. The lowest BCUT2D eigenvalue weighted by Crippen LogP contribution is -2.48. The van der Waals surface area contributed by atoms with E-state index in [1.807, 2.05) is 23.2 Å². The van der Waals surface area contributed by atoms with E-state index in [1.165, 1.54) is 12.0 Å². The lowest BCUT2D eigenvalue weighted by atomic mass is 9.97. The second-order valence-corrected chi connectivity index (χ2v) is 7.92. The number of hydrogen-bond acceptors (Lipinski definition) is 3. The number of aromatic nitrogens is 1. The molecule has 1 saturated heterocycles. The largest absolute Gasteiger partial charge is 0.334 e. The van der Waals surface area contributed by atoms with Gasteiger partial charge in [0.15, 0.2) is 0 Å². The Hall–Kier alpha value is -2.40. The van der Waals surface area contributed by atoms with Crippen LogP contribution in [0.15, 0.2) is 48.7 Å². The zero-order valence-corrected chi connectivity index (χ0v) is 17.1. The molecule has 0 saturated carbocycles. The number of aryl methyl sites for hydroxylation is 1. The Morgan fingerprint density at radius 2 is 1.93 bits per heavy atom. The van der Waals surface area contributed by atoms with Crippen LogP contribution in [0.2, 0.25) is 0 Å². The van der Waals surface area contributed by atoms with Crippen molar-refractivity contribution in [2.24, 2.45) is 0 Å². The SMILES string of the molecule is CN(C)Cc1ccc(CNC(=O)N2CCCC[C@@H]2CCc2ccccn2)cc1. The van der Waals surface area contributed by atoms with Crippen molar-refractivity contribution in [3.63, 3.8) is 0 Å². The molecule has 2 heterocycles. The number of nitrogens with one attached hydrogen (secondary N) is 1. The molecular formula is C23H32N4O. The molecule has 1 atom stereocenters. The number of amides is 2. The maximum absolute atomic E-state index is 12.8. The molecule has 0 bridgehead atoms. The van der Waals surface area contributed by atoms with Crippen LogP contribution in [-0.4, -0.2) is 47.5 Å². The topological polar surface area (TPSA) is 48.5 Å². The second-order valence-electron chi connectivity index (χ2n) is 7.92. The van der Waals surface area contributed by atoms with Gasteiger partial charge >= 0.3 is 6.03 Å². The molecule has 28 heavy (non-hydrogen) atoms. The molecule has 1 aromatic carbocycles. The fraction of sp³-hybridized carbons (Fsp3) is 0.478. The highest BCUT2D eigenvalue weighted by molar-refractivity contribution is 5.74. The summed E-state index contributed by atoms with van der Waals surface area (Å²) in [6.45, 7) is 2.35. The Morgan fingerprint density at radius 1 is 1.14 bits per heavy atom. The first-order valence-electron chi connectivity index (χ1n) is 10.3. The molecule has 5 heteroatoms. The van der Waals surface area contributed by atoms with E-state index in [2.05, 4.69) is 59.6 Å². The lowest BCUT2D eigenvalue weighted by molar-refractivity contribution is 0.146. The van der Waals surface area contributed by atoms with Crippen LogP contribution in [0.25, 0.3) is 0 Å². The lowest BCUT2D eigenvalue weighted by Gasteiger charge is -2.36. The summed E-state index contributed by atoms with van der Waals surface area (Å²) in [6.07, 6.45) is 7.10. The van der Waals surface area contributed by atoms with E-state index in [-0.39, 0.29) is 6.03 Å². The van der Waals surface area contributed by atoms with Gasteiger partial charge in [-0.15, -0.1) is 0 Å². The van der Waals surface area contributed by atoms with Gasteiger partial charge in [0.05, 0.1) is 0 Å². The van der Waals surface area contributed by atoms with Crippen LogP contribution in [0.1, 0.15) is 42.5 Å². The minimum absolute atomic E-state index is 0.0584. The Morgan fingerprint density at radius 3 is 2.64 bits per heavy atom. The maximum atomic E-state index is 12.8. The van der Waals surface area contributed by atoms with Crippen LogP contribution in [-0.2, 0) is 19.5 Å². The molecule has 150 valence electrons. The minimum atomic E-state index is 0.0584. The van der Waals surface area contributed by atoms with E-state index in [0.29, 0.717) is 12.6 Å². The number of carbonyl (C=O) groups is 1. The molecule has 5 nitrogen and oxygen atoms in total. The van der Waals surface area contributed by atoms with Crippen LogP contribution in [0, 0.1) is 0 Å². The van der Waals surface area contributed by atoms with Crippen molar-refractivity contribution in [3.8, 4) is 0 Å². The van der Waals surface area contributed by atoms with Crippen molar-refractivity contribution in [3.05, 3.63) is 65.5 Å². The molecule has 0 spiro atoms. The average Bonchev–Trinajstić information content (AvgIpc) is 2.72. The molecule has 2 amide bonds. The number of nitrogens with zero attached hydrogens (tertiary/aromatic N) is 3. The van der Waals surface area contributed by atoms with Crippen LogP contribution in [0.5, 0.6) is 0 Å². The predicted octanol–water partition coefficient (Wildman–Crippen LogP) is 3.84. The number of carbonyl (C=O) groups excluding carboxylic acids is 1. The van der Waals surface area contributed by atoms with Crippen molar-refractivity contribution in [1.29, 1.82) is 0 Å². The van der Waals surface area contributed by atoms with Gasteiger partial charge in [0.2, 0.25) is 0 Å². The van der Waals surface area contributed by atoms with Crippen molar-refractivity contribution in [1.82, 2.24) is 20.1 Å². The molecule has 1 N–H and O–H groups in total. The number of piperidine rings is 1. The van der Waals surface area contributed by atoms with Gasteiger partial charge in [-0.2, -0.15) is 0 Å². The summed E-state index contributed by atoms with van der Waals surface area (Å²) in [5.74, 6) is 0. The Balaban J connectivity index is 1.51. The first-order chi connectivity index (χ1) is 13.6. The molecule has 1 aliphatic rings. The van der Waals surface area contributed by atoms with Gasteiger partial charge in [0.25, 0.3) is 0 Å². The third kappa shape index (κ3) is 6.06. The van der Waals surface area contributed by atoms with Crippen LogP contribution in [0.3, 0.4) is 0 Å². The molecule has 0 aliphatic carbocycles. The summed E-state index contributed by atoms with van der Waals surface area (Å²) in [6, 6.07) is 14.9. The summed E-state index contributed by atoms with van der Waals surface area (Å²) >= 11 is 0. The van der Waals surface area contributed by atoms with E-state index < -0.39 is 0 Å². The predicted molar refractivity (Wildman–Crippen MR) is 113 cm³/mol. The quantitative estimate of drug-likeness (QED) is 0.794. The van der Waals surface area contributed by atoms with Gasteiger partial charge in [-0.05, 0) is 69.5 Å². The number of likely N-dealkylation sites (tertiary alicyclic amines) is 1. The van der Waals surface area contributed by atoms with Crippen LogP contribution in [0.4, 0.5) is 4.79 Å². The molecule has 0 unspecified atom stereocenters. The fourth-order valence-corrected chi connectivity index (χ4v) is 3.84. The molecule has 2 aromatic rings. The van der Waals surface area contributed by atoms with E-state index in [4.69, 9.17) is 0 Å². The van der Waals surface area contributed by atoms with E-state index in [0.717, 1.165) is 50.0 Å². The van der Waals surface area contributed by atoms with E-state index >= 15 is 0 Å². The van der Waals surface area contributed by atoms with Crippen molar-refractivity contribution in [2.75, 3.05) is 20.6 Å². The fourth-order valence-electron chi connectivity index (χ4n) is 3.84. The molecule has 0 radical (unpaired) electrons. The van der Waals surface area contributed by atoms with Crippen molar-refractivity contribution < 1.29 is 4.79 Å². The monoisotopic (exact) mass is 380 g/mol. The zero-order valence-electron chi connectivity index (χ0n) is 17.1. The number of hydrogen-bond donors (Lipinski definition) is 1. The van der Waals surface area contributed by atoms with Gasteiger partial charge < -0.3 is 15.1 Å². The van der Waals surface area contributed by atoms with E-state index in [9.17, 15) is 4.79 Å². The highest BCUT2D eigenvalue weighted by Crippen LogP contribution is 2.21. The third-order valence-corrected chi connectivity index (χ3v) is 5.31. The van der Waals surface area contributed by atoms with Crippen molar-refractivity contribution in [2.45, 2.75) is 51.2 Å². The zero-order chi connectivity index (χ0) is 19.8. The smallest absolute Gasteiger partial charge is 0.317 e. The maximum Gasteiger partial charge on any atom is 0.317 e. The first-order valence-corrected chi connectivity index (χ1v) is 10.3. The first kappa shape index (κ1) is 20.3. The standard InChI is InChI=1S/C23H32N4O/c1-26(2)18-20-11-9-19(10-12-20)17-25-23(28)27-16-6-4-8-22(27)14-13-21-7-3-5-15-24-21/h3,5,7,9-12,15,22H,4,6,8,13-14,16-18H2,1-2H3,(H,25,28)/t22-/m1/s1. The van der Waals surface area contributed by atoms with E-state index in [1.54, 1.807) is 0 Å². The summed E-state index contributed by atoms with van der Waals surface area (Å²) in [4.78, 5) is 21.4. The molecular weight excluding hydrogens is 348 g/mol. The Labute approximate surface area is 168 Å². The second kappa shape index (κ2) is 10.2. The summed E-state index contributed by atoms with van der Waals surface area (Å²) in [5, 5.41) is 3.12. The van der Waals surface area contributed by atoms with Gasteiger partial charge in [-0.1, -0.05) is 30.3 Å². The third-order valence-electron chi connectivity index (χ3n) is 5.31. The molecule has 1 aliphatic heterocycles. The van der Waals surface area contributed by atoms with Gasteiger partial charge in [0.1, 0.15) is 0 Å². The van der Waals surface area contributed by atoms with Gasteiger partial charge in [-0.3, -0.25) is 4.98 Å². The molecule has 1 fully saturated rings. The average molecular weight is 381 g/mol. The van der Waals surface area contributed by atoms with Gasteiger partial charge in [-0.25, -0.2) is 4.79 Å². The number of pyridine rings is 1. The highest BCUT2D eigenvalue weighted by atomic mass is 16.2. The number of benzene rings is 1. The van der Waals surface area contributed by atoms with Crippen molar-refractivity contribution >= 4 is 6.03 Å². The Kier molecular flexibility index (Phi) is 7.43. The minimum Gasteiger partial charge on any atom is -0.334 e. The molecule has 1 aromatic heterocycles. The summed E-state index contributed by atoms with van der Waals surface area (Å²) < 4.78 is 0. The summed E-state index contributed by atoms with van der Waals surface area (Å²) in [7, 11) is 4.13. The highest BCUT2D eigenvalue weighted by Gasteiger charge is 2.26. The number of rotatable bonds is 7. The van der Waals surface area contributed by atoms with Crippen LogP contribution >= 0.6 is 0 Å². The van der Waals surface area contributed by atoms with Crippen LogP contribution < -0.4 is 5.32 Å².